The van der Waals surface area contributed by atoms with Crippen molar-refractivity contribution in [2.24, 2.45) is 0 Å². The fraction of sp³-hybridized carbons (Fsp3) is 0.357. The Balaban J connectivity index is 1.65. The van der Waals surface area contributed by atoms with Crippen LogP contribution in [0.5, 0.6) is 0 Å². The Labute approximate surface area is 117 Å². The predicted octanol–water partition coefficient (Wildman–Crippen LogP) is 1.32. The van der Waals surface area contributed by atoms with Gasteiger partial charge in [-0.3, -0.25) is 4.98 Å². The molecule has 6 nitrogen and oxygen atoms in total. The van der Waals surface area contributed by atoms with E-state index in [1.807, 2.05) is 24.4 Å². The number of ether oxygens (including phenoxy) is 1. The second-order valence-corrected chi connectivity index (χ2v) is 4.55. The molecule has 3 rings (SSSR count). The number of anilines is 2. The maximum Gasteiger partial charge on any atom is 0.224 e. The van der Waals surface area contributed by atoms with Gasteiger partial charge in [0.25, 0.3) is 0 Å². The number of pyridine rings is 1. The first-order valence-corrected chi connectivity index (χ1v) is 6.70. The number of nitrogens with zero attached hydrogens (tertiary/aromatic N) is 4. The first-order chi connectivity index (χ1) is 9.92. The van der Waals surface area contributed by atoms with Gasteiger partial charge in [-0.25, -0.2) is 4.98 Å². The van der Waals surface area contributed by atoms with Crippen LogP contribution in [0.15, 0.2) is 36.8 Å². The maximum absolute atomic E-state index is 5.35. The lowest BCUT2D eigenvalue weighted by atomic mass is 10.3. The molecule has 1 fully saturated rings. The van der Waals surface area contributed by atoms with Crippen molar-refractivity contribution in [2.45, 2.75) is 6.54 Å². The molecule has 0 aromatic carbocycles. The number of rotatable bonds is 4. The zero-order chi connectivity index (χ0) is 13.6. The lowest BCUT2D eigenvalue weighted by molar-refractivity contribution is 0.122. The molecule has 0 spiro atoms. The van der Waals surface area contributed by atoms with Crippen molar-refractivity contribution in [3.8, 4) is 0 Å². The molecule has 1 saturated heterocycles. The number of hydrogen-bond acceptors (Lipinski definition) is 6. The summed E-state index contributed by atoms with van der Waals surface area (Å²) in [6.45, 7) is 3.92. The van der Waals surface area contributed by atoms with Gasteiger partial charge in [0.2, 0.25) is 5.95 Å². The van der Waals surface area contributed by atoms with Crippen LogP contribution in [0.4, 0.5) is 11.8 Å². The molecule has 0 aliphatic carbocycles. The minimum Gasteiger partial charge on any atom is -0.378 e. The fourth-order valence-electron chi connectivity index (χ4n) is 2.09. The van der Waals surface area contributed by atoms with Crippen LogP contribution < -0.4 is 10.2 Å². The molecule has 20 heavy (non-hydrogen) atoms. The Bertz CT molecular complexity index is 542. The summed E-state index contributed by atoms with van der Waals surface area (Å²) in [5.41, 5.74) is 1.10. The zero-order valence-corrected chi connectivity index (χ0v) is 11.2. The standard InChI is InChI=1S/C14H17N5O/c1-2-12(10-15-4-1)11-17-14-16-5-3-13(18-14)19-6-8-20-9-7-19/h1-5,10H,6-9,11H2,(H,16,17,18). The second-order valence-electron chi connectivity index (χ2n) is 4.55. The summed E-state index contributed by atoms with van der Waals surface area (Å²) in [5, 5.41) is 3.22. The van der Waals surface area contributed by atoms with Gasteiger partial charge < -0.3 is 15.0 Å². The highest BCUT2D eigenvalue weighted by Gasteiger charge is 2.12. The molecule has 0 unspecified atom stereocenters. The Morgan fingerprint density at radius 1 is 1.20 bits per heavy atom. The molecule has 2 aromatic heterocycles. The molecule has 0 radical (unpaired) electrons. The van der Waals surface area contributed by atoms with Gasteiger partial charge in [-0.05, 0) is 17.7 Å². The molecule has 104 valence electrons. The van der Waals surface area contributed by atoms with Crippen molar-refractivity contribution in [1.29, 1.82) is 0 Å². The van der Waals surface area contributed by atoms with Crippen LogP contribution in [0, 0.1) is 0 Å². The van der Waals surface area contributed by atoms with Crippen molar-refractivity contribution < 1.29 is 4.74 Å². The Morgan fingerprint density at radius 3 is 2.90 bits per heavy atom. The normalized spacial score (nSPS) is 15.1. The highest BCUT2D eigenvalue weighted by atomic mass is 16.5. The second kappa shape index (κ2) is 6.29. The third kappa shape index (κ3) is 3.21. The van der Waals surface area contributed by atoms with Gasteiger partial charge in [0.05, 0.1) is 13.2 Å². The van der Waals surface area contributed by atoms with E-state index in [-0.39, 0.29) is 0 Å². The van der Waals surface area contributed by atoms with Gasteiger partial charge in [0.1, 0.15) is 5.82 Å². The average molecular weight is 271 g/mol. The van der Waals surface area contributed by atoms with E-state index in [0.29, 0.717) is 12.5 Å². The lowest BCUT2D eigenvalue weighted by Gasteiger charge is -2.27. The molecule has 0 atom stereocenters. The molecule has 0 bridgehead atoms. The molecule has 3 heterocycles. The number of morpholine rings is 1. The Kier molecular flexibility index (Phi) is 4.03. The molecular weight excluding hydrogens is 254 g/mol. The monoisotopic (exact) mass is 271 g/mol. The lowest BCUT2D eigenvalue weighted by Crippen LogP contribution is -2.36. The van der Waals surface area contributed by atoms with Crippen LogP contribution in [0.1, 0.15) is 5.56 Å². The van der Waals surface area contributed by atoms with Crippen LogP contribution in [-0.4, -0.2) is 41.3 Å². The molecule has 1 N–H and O–H groups in total. The van der Waals surface area contributed by atoms with E-state index >= 15 is 0 Å². The summed E-state index contributed by atoms with van der Waals surface area (Å²) >= 11 is 0. The molecule has 1 aliphatic rings. The number of hydrogen-bond donors (Lipinski definition) is 1. The molecule has 1 aliphatic heterocycles. The van der Waals surface area contributed by atoms with Crippen molar-refractivity contribution in [1.82, 2.24) is 15.0 Å². The average Bonchev–Trinajstić information content (AvgIpc) is 2.55. The number of aromatic nitrogens is 3. The largest absolute Gasteiger partial charge is 0.378 e. The molecule has 6 heteroatoms. The van der Waals surface area contributed by atoms with Crippen molar-refractivity contribution >= 4 is 11.8 Å². The van der Waals surface area contributed by atoms with Crippen molar-refractivity contribution in [3.05, 3.63) is 42.4 Å². The quantitative estimate of drug-likeness (QED) is 0.905. The minimum absolute atomic E-state index is 0.637. The van der Waals surface area contributed by atoms with Gasteiger partial charge in [-0.1, -0.05) is 6.07 Å². The van der Waals surface area contributed by atoms with Crippen LogP contribution in [0.3, 0.4) is 0 Å². The predicted molar refractivity (Wildman–Crippen MR) is 76.6 cm³/mol. The van der Waals surface area contributed by atoms with E-state index < -0.39 is 0 Å². The SMILES string of the molecule is c1cncc(CNc2nccc(N3CCOCC3)n2)c1. The third-order valence-corrected chi connectivity index (χ3v) is 3.15. The summed E-state index contributed by atoms with van der Waals surface area (Å²) in [6.07, 6.45) is 5.38. The number of nitrogens with one attached hydrogen (secondary N) is 1. The van der Waals surface area contributed by atoms with E-state index in [0.717, 1.165) is 37.7 Å². The summed E-state index contributed by atoms with van der Waals surface area (Å²) in [5.74, 6) is 1.58. The molecule has 0 saturated carbocycles. The third-order valence-electron chi connectivity index (χ3n) is 3.15. The van der Waals surface area contributed by atoms with Gasteiger partial charge in [-0.2, -0.15) is 4.98 Å². The first kappa shape index (κ1) is 12.8. The van der Waals surface area contributed by atoms with E-state index in [1.165, 1.54) is 0 Å². The zero-order valence-electron chi connectivity index (χ0n) is 11.2. The van der Waals surface area contributed by atoms with Gasteiger partial charge in [-0.15, -0.1) is 0 Å². The van der Waals surface area contributed by atoms with Crippen LogP contribution in [-0.2, 0) is 11.3 Å². The first-order valence-electron chi connectivity index (χ1n) is 6.70. The van der Waals surface area contributed by atoms with E-state index in [9.17, 15) is 0 Å². The van der Waals surface area contributed by atoms with E-state index in [1.54, 1.807) is 12.4 Å². The van der Waals surface area contributed by atoms with Crippen LogP contribution in [0.25, 0.3) is 0 Å². The van der Waals surface area contributed by atoms with Crippen molar-refractivity contribution in [3.63, 3.8) is 0 Å². The fourth-order valence-corrected chi connectivity index (χ4v) is 2.09. The Morgan fingerprint density at radius 2 is 2.10 bits per heavy atom. The maximum atomic E-state index is 5.35. The van der Waals surface area contributed by atoms with Gasteiger partial charge in [0.15, 0.2) is 0 Å². The smallest absolute Gasteiger partial charge is 0.224 e. The highest BCUT2D eigenvalue weighted by Crippen LogP contribution is 2.14. The highest BCUT2D eigenvalue weighted by molar-refractivity contribution is 5.42. The summed E-state index contributed by atoms with van der Waals surface area (Å²) in [4.78, 5) is 15.1. The van der Waals surface area contributed by atoms with Crippen LogP contribution >= 0.6 is 0 Å². The van der Waals surface area contributed by atoms with E-state index in [4.69, 9.17) is 4.74 Å². The summed E-state index contributed by atoms with van der Waals surface area (Å²) in [6, 6.07) is 5.87. The summed E-state index contributed by atoms with van der Waals surface area (Å²) in [7, 11) is 0. The van der Waals surface area contributed by atoms with Gasteiger partial charge >= 0.3 is 0 Å². The van der Waals surface area contributed by atoms with Gasteiger partial charge in [0, 0.05) is 38.2 Å². The topological polar surface area (TPSA) is 63.2 Å². The van der Waals surface area contributed by atoms with E-state index in [2.05, 4.69) is 25.2 Å². The van der Waals surface area contributed by atoms with Crippen LogP contribution in [0.2, 0.25) is 0 Å². The molecule has 0 amide bonds. The molecular formula is C14H17N5O. The Hall–Kier alpha value is -2.21. The molecule has 2 aromatic rings. The van der Waals surface area contributed by atoms with Crippen molar-refractivity contribution in [2.75, 3.05) is 36.5 Å². The summed E-state index contributed by atoms with van der Waals surface area (Å²) < 4.78 is 5.35. The minimum atomic E-state index is 0.637.